The van der Waals surface area contributed by atoms with E-state index in [1.54, 1.807) is 24.3 Å². The number of carbonyl (C=O) groups is 1. The molecule has 3 rings (SSSR count). The van der Waals surface area contributed by atoms with E-state index in [9.17, 15) is 9.35 Å². The van der Waals surface area contributed by atoms with E-state index in [1.165, 1.54) is 0 Å². The first-order chi connectivity index (χ1) is 16.5. The van der Waals surface area contributed by atoms with Crippen LogP contribution < -0.4 is 10.6 Å². The van der Waals surface area contributed by atoms with Gasteiger partial charge in [0.1, 0.15) is 11.1 Å². The predicted molar refractivity (Wildman–Crippen MR) is 146 cm³/mol. The van der Waals surface area contributed by atoms with Crippen LogP contribution in [0.2, 0.25) is 0 Å². The van der Waals surface area contributed by atoms with Gasteiger partial charge in [-0.25, -0.2) is 9.79 Å². The van der Waals surface area contributed by atoms with Gasteiger partial charge in [0.25, 0.3) is 0 Å². The molecule has 1 aromatic carbocycles. The van der Waals surface area contributed by atoms with E-state index in [0.29, 0.717) is 31.0 Å². The normalized spacial score (nSPS) is 21.2. The van der Waals surface area contributed by atoms with Gasteiger partial charge < -0.3 is 20.3 Å². The first kappa shape index (κ1) is 27.2. The number of aliphatic imine (C=N–C) groups is 1. The first-order valence-electron chi connectivity index (χ1n) is 12.3. The van der Waals surface area contributed by atoms with Crippen LogP contribution in [-0.2, 0) is 15.9 Å². The van der Waals surface area contributed by atoms with Crippen LogP contribution in [-0.4, -0.2) is 69.0 Å². The number of morpholine rings is 1. The van der Waals surface area contributed by atoms with Crippen molar-refractivity contribution in [2.24, 2.45) is 4.99 Å². The fraction of sp³-hybridized carbons (Fsp3) is 0.577. The maximum Gasteiger partial charge on any atom is 0.319 e. The third kappa shape index (κ3) is 6.86. The molecule has 1 saturated heterocycles. The first-order valence-corrected chi connectivity index (χ1v) is 13.6. The summed E-state index contributed by atoms with van der Waals surface area (Å²) in [7, 11) is 0. The molecule has 8 nitrogen and oxygen atoms in total. The highest BCUT2D eigenvalue weighted by Gasteiger charge is 2.61. The molecule has 1 heterocycles. The number of carbonyl (C=O) groups excluding carboxylic acids is 1. The molecule has 35 heavy (non-hydrogen) atoms. The average Bonchev–Trinajstić information content (AvgIpc) is 3.60. The Kier molecular flexibility index (Phi) is 9.01. The van der Waals surface area contributed by atoms with Gasteiger partial charge in [0, 0.05) is 36.7 Å². The molecule has 1 aliphatic heterocycles. The number of amidine groups is 2. The van der Waals surface area contributed by atoms with Gasteiger partial charge in [0.2, 0.25) is 0 Å². The number of hydrogen-bond donors (Lipinski definition) is 4. The minimum atomic E-state index is -0.701. The largest absolute Gasteiger partial charge is 0.377 e. The zero-order chi connectivity index (χ0) is 25.8. The van der Waals surface area contributed by atoms with Crippen molar-refractivity contribution < 1.29 is 14.1 Å². The molecule has 1 unspecified atom stereocenters. The Morgan fingerprint density at radius 1 is 1.29 bits per heavy atom. The molecule has 9 heteroatoms. The van der Waals surface area contributed by atoms with Gasteiger partial charge in [-0.2, -0.15) is 4.55 Å². The standard InChI is InChI=1S/C26H39N5O3S/c1-17(2)28-25(32)29-22-9-7-21(8-10-22)24(27)30-23(31-13-14-34-16-20(31)6)15-19(5)26(11-12-26)35(33)18(3)4/h7-10,15,17-18,20,33H,11-14,16H2,1-6H3,(H2-,27,28,29,32)/p+1/b19-15+,30-23?/t20-,35?/m0/s1. The highest BCUT2D eigenvalue weighted by Crippen LogP contribution is 2.51. The summed E-state index contributed by atoms with van der Waals surface area (Å²) < 4.78 is 16.4. The molecule has 2 fully saturated rings. The van der Waals surface area contributed by atoms with Crippen molar-refractivity contribution in [3.63, 3.8) is 0 Å². The van der Waals surface area contributed by atoms with Crippen LogP contribution in [0.3, 0.4) is 0 Å². The van der Waals surface area contributed by atoms with Crippen molar-refractivity contribution in [1.29, 1.82) is 5.41 Å². The Morgan fingerprint density at radius 3 is 2.49 bits per heavy atom. The Bertz CT molecular complexity index is 970. The molecule has 1 saturated carbocycles. The highest BCUT2D eigenvalue weighted by molar-refractivity contribution is 7.94. The van der Waals surface area contributed by atoms with Crippen LogP contribution in [0.15, 0.2) is 40.9 Å². The number of ether oxygens (including phenoxy) is 1. The number of benzene rings is 1. The van der Waals surface area contributed by atoms with E-state index in [1.807, 2.05) is 13.8 Å². The maximum atomic E-state index is 11.9. The molecule has 0 bridgehead atoms. The van der Waals surface area contributed by atoms with Crippen molar-refractivity contribution in [2.45, 2.75) is 76.5 Å². The molecule has 0 spiro atoms. The second kappa shape index (κ2) is 11.6. The molecule has 0 radical (unpaired) electrons. The summed E-state index contributed by atoms with van der Waals surface area (Å²) in [5.74, 6) is 0.881. The van der Waals surface area contributed by atoms with Gasteiger partial charge in [0.05, 0.1) is 19.3 Å². The monoisotopic (exact) mass is 502 g/mol. The summed E-state index contributed by atoms with van der Waals surface area (Å²) in [5.41, 5.74) is 2.44. The number of rotatable bonds is 7. The number of hydrogen-bond acceptors (Lipinski definition) is 4. The third-order valence-electron chi connectivity index (χ3n) is 6.34. The average molecular weight is 503 g/mol. The number of amides is 2. The minimum Gasteiger partial charge on any atom is -0.377 e. The summed E-state index contributed by atoms with van der Waals surface area (Å²) in [6.07, 6.45) is 4.03. The lowest BCUT2D eigenvalue weighted by molar-refractivity contribution is 0.0337. The minimum absolute atomic E-state index is 0.0475. The van der Waals surface area contributed by atoms with Crippen LogP contribution in [0.5, 0.6) is 0 Å². The Labute approximate surface area is 212 Å². The number of nitrogens with one attached hydrogen (secondary N) is 3. The van der Waals surface area contributed by atoms with Crippen LogP contribution in [0.25, 0.3) is 0 Å². The summed E-state index contributed by atoms with van der Waals surface area (Å²) >= 11 is -0.701. The number of anilines is 1. The van der Waals surface area contributed by atoms with E-state index in [0.717, 1.165) is 24.3 Å². The lowest BCUT2D eigenvalue weighted by atomic mass is 10.1. The number of nitrogens with zero attached hydrogens (tertiary/aromatic N) is 2. The lowest BCUT2D eigenvalue weighted by Gasteiger charge is -2.35. The zero-order valence-corrected chi connectivity index (χ0v) is 22.5. The molecule has 2 amide bonds. The molecule has 1 aliphatic carbocycles. The highest BCUT2D eigenvalue weighted by atomic mass is 32.2. The lowest BCUT2D eigenvalue weighted by Crippen LogP contribution is -2.47. The van der Waals surface area contributed by atoms with Crippen LogP contribution in [0.4, 0.5) is 10.5 Å². The molecular formula is C26H40N5O3S+. The SMILES string of the molecule is C/C(=C\C(=NC(=N)c1ccc(NC(=O)NC(C)C)cc1)N1CCOC[C@@H]1C)C1([S+](O)C(C)C)CC1. The van der Waals surface area contributed by atoms with E-state index in [4.69, 9.17) is 15.1 Å². The second-order valence-corrected chi connectivity index (χ2v) is 12.3. The quantitative estimate of drug-likeness (QED) is 0.247. The summed E-state index contributed by atoms with van der Waals surface area (Å²) in [4.78, 5) is 18.9. The second-order valence-electron chi connectivity index (χ2n) is 9.95. The topological polar surface area (TPSA) is 110 Å². The van der Waals surface area contributed by atoms with Crippen LogP contribution in [0.1, 0.15) is 59.9 Å². The van der Waals surface area contributed by atoms with Crippen LogP contribution in [0, 0.1) is 5.41 Å². The number of urea groups is 1. The van der Waals surface area contributed by atoms with Crippen molar-refractivity contribution in [3.8, 4) is 0 Å². The van der Waals surface area contributed by atoms with E-state index < -0.39 is 11.2 Å². The molecular weight excluding hydrogens is 462 g/mol. The van der Waals surface area contributed by atoms with E-state index in [-0.39, 0.29) is 33.9 Å². The van der Waals surface area contributed by atoms with Crippen molar-refractivity contribution >= 4 is 34.6 Å². The fourth-order valence-corrected chi connectivity index (χ4v) is 6.04. The van der Waals surface area contributed by atoms with Gasteiger partial charge in [-0.15, -0.1) is 0 Å². The fourth-order valence-electron chi connectivity index (χ4n) is 4.23. The van der Waals surface area contributed by atoms with Crippen molar-refractivity contribution in [1.82, 2.24) is 10.2 Å². The Balaban J connectivity index is 1.85. The van der Waals surface area contributed by atoms with Crippen molar-refractivity contribution in [3.05, 3.63) is 41.5 Å². The Hall–Kier alpha value is -2.36. The molecule has 0 aromatic heterocycles. The van der Waals surface area contributed by atoms with Gasteiger partial charge in [-0.1, -0.05) is 0 Å². The van der Waals surface area contributed by atoms with E-state index in [2.05, 4.69) is 49.3 Å². The molecule has 192 valence electrons. The summed E-state index contributed by atoms with van der Waals surface area (Å²) in [5, 5.41) is 14.5. The van der Waals surface area contributed by atoms with Gasteiger partial charge in [-0.3, -0.25) is 5.41 Å². The summed E-state index contributed by atoms with van der Waals surface area (Å²) in [6, 6.07) is 7.06. The molecule has 1 aromatic rings. The maximum absolute atomic E-state index is 11.9. The predicted octanol–water partition coefficient (Wildman–Crippen LogP) is 4.64. The van der Waals surface area contributed by atoms with Crippen molar-refractivity contribution in [2.75, 3.05) is 25.1 Å². The van der Waals surface area contributed by atoms with E-state index >= 15 is 0 Å². The molecule has 4 N–H and O–H groups in total. The van der Waals surface area contributed by atoms with Gasteiger partial charge >= 0.3 is 6.03 Å². The third-order valence-corrected chi connectivity index (χ3v) is 8.76. The zero-order valence-electron chi connectivity index (χ0n) is 21.7. The molecule has 2 aliphatic rings. The smallest absolute Gasteiger partial charge is 0.319 e. The van der Waals surface area contributed by atoms with Gasteiger partial charge in [0.15, 0.2) is 21.8 Å². The molecule has 2 atom stereocenters. The van der Waals surface area contributed by atoms with Crippen LogP contribution >= 0.6 is 0 Å². The van der Waals surface area contributed by atoms with Gasteiger partial charge in [-0.05, 0) is 77.5 Å². The Morgan fingerprint density at radius 2 is 1.94 bits per heavy atom. The summed E-state index contributed by atoms with van der Waals surface area (Å²) in [6.45, 7) is 14.0.